The molecule has 0 bridgehead atoms. The molecule has 0 aliphatic carbocycles. The van der Waals surface area contributed by atoms with E-state index in [1.54, 1.807) is 12.3 Å². The average Bonchev–Trinajstić information content (AvgIpc) is 3.21. The minimum absolute atomic E-state index is 0.132. The number of ether oxygens (including phenoxy) is 1. The van der Waals surface area contributed by atoms with Gasteiger partial charge in [-0.2, -0.15) is 0 Å². The molecule has 150 valence electrons. The molecular weight excluding hydrogens is 360 g/mol. The van der Waals surface area contributed by atoms with Gasteiger partial charge in [0.05, 0.1) is 24.0 Å². The number of carbonyl (C=O) groups is 2. The number of morpholine rings is 1. The van der Waals surface area contributed by atoms with Crippen LogP contribution in [0.1, 0.15) is 36.2 Å². The molecule has 2 aromatic rings. The Morgan fingerprint density at radius 1 is 1.18 bits per heavy atom. The lowest BCUT2D eigenvalue weighted by atomic mass is 10.2. The van der Waals surface area contributed by atoms with Crippen LogP contribution in [0.3, 0.4) is 0 Å². The standard InChI is InChI=1S/C20H26N4O4/c1-14-11-24(12-15(2)28-14)18-4-3-16(9-22-18)10-23-19(25)5-7-21-20(26)17-6-8-27-13-17/h3-4,6,8-9,13-15H,5,7,10-12H2,1-2H3,(H,21,26)(H,23,25). The van der Waals surface area contributed by atoms with Crippen molar-refractivity contribution in [3.8, 4) is 0 Å². The summed E-state index contributed by atoms with van der Waals surface area (Å²) in [7, 11) is 0. The minimum Gasteiger partial charge on any atom is -0.472 e. The topological polar surface area (TPSA) is 96.7 Å². The fourth-order valence-corrected chi connectivity index (χ4v) is 3.15. The monoisotopic (exact) mass is 386 g/mol. The van der Waals surface area contributed by atoms with Gasteiger partial charge in [-0.3, -0.25) is 9.59 Å². The van der Waals surface area contributed by atoms with Crippen molar-refractivity contribution in [3.63, 3.8) is 0 Å². The second-order valence-corrected chi connectivity index (χ2v) is 6.98. The van der Waals surface area contributed by atoms with Crippen LogP contribution in [0, 0.1) is 0 Å². The van der Waals surface area contributed by atoms with Gasteiger partial charge < -0.3 is 24.7 Å². The van der Waals surface area contributed by atoms with Crippen molar-refractivity contribution in [2.24, 2.45) is 0 Å². The molecule has 8 nitrogen and oxygen atoms in total. The molecule has 1 aliphatic heterocycles. The fourth-order valence-electron chi connectivity index (χ4n) is 3.15. The zero-order valence-corrected chi connectivity index (χ0v) is 16.2. The van der Waals surface area contributed by atoms with Crippen molar-refractivity contribution < 1.29 is 18.7 Å². The summed E-state index contributed by atoms with van der Waals surface area (Å²) in [5.41, 5.74) is 1.37. The quantitative estimate of drug-likeness (QED) is 0.752. The molecular formula is C20H26N4O4. The number of hydrogen-bond acceptors (Lipinski definition) is 6. The third kappa shape index (κ3) is 5.56. The second kappa shape index (κ2) is 9.36. The molecule has 0 aromatic carbocycles. The van der Waals surface area contributed by atoms with Crippen molar-refractivity contribution in [2.45, 2.75) is 39.0 Å². The molecule has 1 fully saturated rings. The molecule has 28 heavy (non-hydrogen) atoms. The minimum atomic E-state index is -0.256. The van der Waals surface area contributed by atoms with Crippen LogP contribution in [0.4, 0.5) is 5.82 Å². The van der Waals surface area contributed by atoms with E-state index in [9.17, 15) is 9.59 Å². The Hall–Kier alpha value is -2.87. The number of aromatic nitrogens is 1. The summed E-state index contributed by atoms with van der Waals surface area (Å²) in [5.74, 6) is 0.527. The van der Waals surface area contributed by atoms with Gasteiger partial charge in [0.25, 0.3) is 5.91 Å². The highest BCUT2D eigenvalue weighted by Gasteiger charge is 2.22. The molecule has 0 radical (unpaired) electrons. The van der Waals surface area contributed by atoms with E-state index in [-0.39, 0.29) is 37.0 Å². The number of amides is 2. The third-order valence-corrected chi connectivity index (χ3v) is 4.46. The lowest BCUT2D eigenvalue weighted by molar-refractivity contribution is -0.121. The number of carbonyl (C=O) groups excluding carboxylic acids is 2. The summed E-state index contributed by atoms with van der Waals surface area (Å²) in [4.78, 5) is 30.4. The summed E-state index contributed by atoms with van der Waals surface area (Å²) in [6.45, 7) is 6.42. The molecule has 1 saturated heterocycles. The zero-order chi connectivity index (χ0) is 19.9. The SMILES string of the molecule is CC1CN(c2ccc(CNC(=O)CCNC(=O)c3ccoc3)cn2)CC(C)O1. The Labute approximate surface area is 164 Å². The van der Waals surface area contributed by atoms with Crippen molar-refractivity contribution in [1.29, 1.82) is 0 Å². The van der Waals surface area contributed by atoms with Gasteiger partial charge in [-0.1, -0.05) is 6.07 Å². The first kappa shape index (κ1) is 19.9. The average molecular weight is 386 g/mol. The molecule has 0 saturated carbocycles. The molecule has 2 N–H and O–H groups in total. The van der Waals surface area contributed by atoms with Gasteiger partial charge >= 0.3 is 0 Å². The summed E-state index contributed by atoms with van der Waals surface area (Å²) >= 11 is 0. The summed E-state index contributed by atoms with van der Waals surface area (Å²) in [5, 5.41) is 5.52. The van der Waals surface area contributed by atoms with Crippen LogP contribution in [-0.4, -0.2) is 48.6 Å². The Morgan fingerprint density at radius 3 is 2.61 bits per heavy atom. The molecule has 3 rings (SSSR count). The number of nitrogens with one attached hydrogen (secondary N) is 2. The van der Waals surface area contributed by atoms with Crippen LogP contribution >= 0.6 is 0 Å². The third-order valence-electron chi connectivity index (χ3n) is 4.46. The van der Waals surface area contributed by atoms with Gasteiger partial charge in [0.1, 0.15) is 12.1 Å². The van der Waals surface area contributed by atoms with E-state index in [0.717, 1.165) is 24.5 Å². The smallest absolute Gasteiger partial charge is 0.254 e. The van der Waals surface area contributed by atoms with Gasteiger partial charge in [-0.25, -0.2) is 4.98 Å². The van der Waals surface area contributed by atoms with Gasteiger partial charge in [0.15, 0.2) is 0 Å². The number of hydrogen-bond donors (Lipinski definition) is 2. The van der Waals surface area contributed by atoms with Crippen molar-refractivity contribution in [1.82, 2.24) is 15.6 Å². The van der Waals surface area contributed by atoms with Gasteiger partial charge in [0.2, 0.25) is 5.91 Å². The molecule has 2 amide bonds. The van der Waals surface area contributed by atoms with Crippen LogP contribution in [0.2, 0.25) is 0 Å². The van der Waals surface area contributed by atoms with E-state index in [1.165, 1.54) is 12.5 Å². The maximum absolute atomic E-state index is 11.9. The predicted molar refractivity (Wildman–Crippen MR) is 104 cm³/mol. The summed E-state index contributed by atoms with van der Waals surface area (Å²) in [6.07, 6.45) is 5.14. The highest BCUT2D eigenvalue weighted by atomic mass is 16.5. The van der Waals surface area contributed by atoms with Crippen LogP contribution < -0.4 is 15.5 Å². The van der Waals surface area contributed by atoms with E-state index in [1.807, 2.05) is 12.1 Å². The Bertz CT molecular complexity index is 766. The van der Waals surface area contributed by atoms with E-state index in [2.05, 4.69) is 34.4 Å². The molecule has 2 unspecified atom stereocenters. The van der Waals surface area contributed by atoms with E-state index < -0.39 is 0 Å². The molecule has 0 spiro atoms. The first-order valence-corrected chi connectivity index (χ1v) is 9.43. The van der Waals surface area contributed by atoms with Crippen molar-refractivity contribution >= 4 is 17.6 Å². The van der Waals surface area contributed by atoms with Crippen LogP contribution in [0.25, 0.3) is 0 Å². The zero-order valence-electron chi connectivity index (χ0n) is 16.2. The number of furan rings is 1. The van der Waals surface area contributed by atoms with Gasteiger partial charge in [-0.05, 0) is 31.5 Å². The van der Waals surface area contributed by atoms with E-state index >= 15 is 0 Å². The Morgan fingerprint density at radius 2 is 1.96 bits per heavy atom. The highest BCUT2D eigenvalue weighted by Crippen LogP contribution is 2.18. The van der Waals surface area contributed by atoms with Crippen molar-refractivity contribution in [3.05, 3.63) is 48.0 Å². The molecule has 8 heteroatoms. The van der Waals surface area contributed by atoms with Crippen LogP contribution in [-0.2, 0) is 16.1 Å². The maximum Gasteiger partial charge on any atom is 0.254 e. The maximum atomic E-state index is 11.9. The number of pyridine rings is 1. The number of nitrogens with zero attached hydrogens (tertiary/aromatic N) is 2. The largest absolute Gasteiger partial charge is 0.472 e. The molecule has 1 aliphatic rings. The Kier molecular flexibility index (Phi) is 6.65. The van der Waals surface area contributed by atoms with Crippen LogP contribution in [0.15, 0.2) is 41.3 Å². The first-order chi connectivity index (χ1) is 13.5. The normalized spacial score (nSPS) is 19.3. The van der Waals surface area contributed by atoms with E-state index in [4.69, 9.17) is 9.15 Å². The lowest BCUT2D eigenvalue weighted by Gasteiger charge is -2.36. The molecule has 2 aromatic heterocycles. The second-order valence-electron chi connectivity index (χ2n) is 6.98. The van der Waals surface area contributed by atoms with Gasteiger partial charge in [-0.15, -0.1) is 0 Å². The van der Waals surface area contributed by atoms with E-state index in [0.29, 0.717) is 12.1 Å². The highest BCUT2D eigenvalue weighted by molar-refractivity contribution is 5.94. The fraction of sp³-hybridized carbons (Fsp3) is 0.450. The lowest BCUT2D eigenvalue weighted by Crippen LogP contribution is -2.45. The first-order valence-electron chi connectivity index (χ1n) is 9.43. The predicted octanol–water partition coefficient (Wildman–Crippen LogP) is 1.72. The van der Waals surface area contributed by atoms with Gasteiger partial charge in [0, 0.05) is 38.8 Å². The molecule has 2 atom stereocenters. The summed E-state index contributed by atoms with van der Waals surface area (Å²) < 4.78 is 10.6. The van der Waals surface area contributed by atoms with Crippen LogP contribution in [0.5, 0.6) is 0 Å². The summed E-state index contributed by atoms with van der Waals surface area (Å²) in [6, 6.07) is 5.51. The number of anilines is 1. The number of rotatable bonds is 7. The molecule has 3 heterocycles. The van der Waals surface area contributed by atoms with Crippen molar-refractivity contribution in [2.75, 3.05) is 24.5 Å². The Balaban J connectivity index is 1.39.